The van der Waals surface area contributed by atoms with Crippen molar-refractivity contribution in [2.75, 3.05) is 13.6 Å². The van der Waals surface area contributed by atoms with Crippen LogP contribution in [0.25, 0.3) is 0 Å². The fourth-order valence-electron chi connectivity index (χ4n) is 1.90. The zero-order valence-corrected chi connectivity index (χ0v) is 11.1. The molecule has 3 heteroatoms. The van der Waals surface area contributed by atoms with E-state index < -0.39 is 5.60 Å². The van der Waals surface area contributed by atoms with Crippen molar-refractivity contribution in [3.63, 3.8) is 0 Å². The van der Waals surface area contributed by atoms with Gasteiger partial charge in [-0.25, -0.2) is 0 Å². The van der Waals surface area contributed by atoms with Crippen LogP contribution in [0.4, 0.5) is 0 Å². The summed E-state index contributed by atoms with van der Waals surface area (Å²) >= 11 is 0. The molecule has 0 radical (unpaired) electrons. The minimum atomic E-state index is -0.773. The van der Waals surface area contributed by atoms with E-state index in [2.05, 4.69) is 31.0 Å². The average molecular weight is 236 g/mol. The number of hydrogen-bond donors (Lipinski definition) is 2. The SMILES string of the molecule is CC(CC(C)(O)CN)N(C)Cc1ccccc1. The van der Waals surface area contributed by atoms with E-state index in [4.69, 9.17) is 5.73 Å². The van der Waals surface area contributed by atoms with E-state index in [0.717, 1.165) is 6.54 Å². The summed E-state index contributed by atoms with van der Waals surface area (Å²) in [6, 6.07) is 10.6. The number of hydrogen-bond acceptors (Lipinski definition) is 3. The van der Waals surface area contributed by atoms with Gasteiger partial charge in [0.2, 0.25) is 0 Å². The maximum absolute atomic E-state index is 9.96. The van der Waals surface area contributed by atoms with E-state index in [0.29, 0.717) is 19.0 Å². The standard InChI is InChI=1S/C14H24N2O/c1-12(9-14(2,17)11-15)16(3)10-13-7-5-4-6-8-13/h4-8,12,17H,9-11,15H2,1-3H3. The largest absolute Gasteiger partial charge is 0.389 e. The summed E-state index contributed by atoms with van der Waals surface area (Å²) in [6.45, 7) is 5.10. The van der Waals surface area contributed by atoms with E-state index in [-0.39, 0.29) is 0 Å². The lowest BCUT2D eigenvalue weighted by Crippen LogP contribution is -2.41. The Morgan fingerprint density at radius 1 is 1.35 bits per heavy atom. The topological polar surface area (TPSA) is 49.5 Å². The van der Waals surface area contributed by atoms with Crippen LogP contribution in [0.3, 0.4) is 0 Å². The number of nitrogens with two attached hydrogens (primary N) is 1. The number of rotatable bonds is 6. The van der Waals surface area contributed by atoms with Gasteiger partial charge in [0, 0.05) is 19.1 Å². The Morgan fingerprint density at radius 3 is 2.47 bits per heavy atom. The van der Waals surface area contributed by atoms with Crippen molar-refractivity contribution >= 4 is 0 Å². The molecule has 96 valence electrons. The fourth-order valence-corrected chi connectivity index (χ4v) is 1.90. The van der Waals surface area contributed by atoms with Gasteiger partial charge in [0.25, 0.3) is 0 Å². The van der Waals surface area contributed by atoms with Crippen molar-refractivity contribution in [1.29, 1.82) is 0 Å². The zero-order chi connectivity index (χ0) is 12.9. The number of nitrogens with zero attached hydrogens (tertiary/aromatic N) is 1. The Bertz CT molecular complexity index is 324. The molecule has 3 nitrogen and oxygen atoms in total. The molecule has 2 unspecified atom stereocenters. The first-order chi connectivity index (χ1) is 7.94. The van der Waals surface area contributed by atoms with Crippen LogP contribution in [-0.4, -0.2) is 35.2 Å². The Labute approximate surface area is 104 Å². The molecule has 0 aliphatic heterocycles. The molecule has 0 spiro atoms. The van der Waals surface area contributed by atoms with Crippen molar-refractivity contribution in [3.05, 3.63) is 35.9 Å². The summed E-state index contributed by atoms with van der Waals surface area (Å²) in [6.07, 6.45) is 0.687. The molecule has 0 heterocycles. The molecule has 0 aromatic heterocycles. The Hall–Kier alpha value is -0.900. The van der Waals surface area contributed by atoms with E-state index in [1.807, 2.05) is 18.2 Å². The third-order valence-corrected chi connectivity index (χ3v) is 3.20. The summed E-state index contributed by atoms with van der Waals surface area (Å²) in [5.74, 6) is 0. The van der Waals surface area contributed by atoms with Crippen LogP contribution in [0.2, 0.25) is 0 Å². The molecule has 0 amide bonds. The summed E-state index contributed by atoms with van der Waals surface area (Å²) in [5.41, 5.74) is 6.05. The highest BCUT2D eigenvalue weighted by molar-refractivity contribution is 5.14. The van der Waals surface area contributed by atoms with Crippen LogP contribution in [-0.2, 0) is 6.54 Å². The van der Waals surface area contributed by atoms with Gasteiger partial charge in [-0.3, -0.25) is 4.90 Å². The van der Waals surface area contributed by atoms with Gasteiger partial charge < -0.3 is 10.8 Å². The quantitative estimate of drug-likeness (QED) is 0.789. The summed E-state index contributed by atoms with van der Waals surface area (Å²) in [5, 5.41) is 9.96. The minimum absolute atomic E-state index is 0.300. The molecule has 0 fully saturated rings. The van der Waals surface area contributed by atoms with Crippen molar-refractivity contribution in [1.82, 2.24) is 4.90 Å². The van der Waals surface area contributed by atoms with Crippen molar-refractivity contribution in [2.45, 2.75) is 38.5 Å². The second kappa shape index (κ2) is 6.15. The highest BCUT2D eigenvalue weighted by Crippen LogP contribution is 2.15. The third kappa shape index (κ3) is 4.86. The van der Waals surface area contributed by atoms with E-state index >= 15 is 0 Å². The first-order valence-electron chi connectivity index (χ1n) is 6.11. The highest BCUT2D eigenvalue weighted by atomic mass is 16.3. The van der Waals surface area contributed by atoms with Crippen molar-refractivity contribution in [3.8, 4) is 0 Å². The first kappa shape index (κ1) is 14.2. The molecular weight excluding hydrogens is 212 g/mol. The molecule has 0 aliphatic carbocycles. The Morgan fingerprint density at radius 2 is 1.94 bits per heavy atom. The van der Waals surface area contributed by atoms with Crippen molar-refractivity contribution in [2.24, 2.45) is 5.73 Å². The van der Waals surface area contributed by atoms with Gasteiger partial charge in [-0.2, -0.15) is 0 Å². The van der Waals surface area contributed by atoms with Crippen LogP contribution in [0.1, 0.15) is 25.8 Å². The molecular formula is C14H24N2O. The molecule has 17 heavy (non-hydrogen) atoms. The second-order valence-electron chi connectivity index (χ2n) is 5.15. The molecule has 3 N–H and O–H groups in total. The zero-order valence-electron chi connectivity index (χ0n) is 11.1. The molecule has 0 saturated heterocycles. The van der Waals surface area contributed by atoms with Crippen LogP contribution in [0, 0.1) is 0 Å². The number of benzene rings is 1. The van der Waals surface area contributed by atoms with Crippen LogP contribution in [0.15, 0.2) is 30.3 Å². The summed E-state index contributed by atoms with van der Waals surface area (Å²) in [7, 11) is 2.07. The number of aliphatic hydroxyl groups is 1. The lowest BCUT2D eigenvalue weighted by molar-refractivity contribution is 0.0322. The van der Waals surface area contributed by atoms with Gasteiger partial charge in [-0.1, -0.05) is 30.3 Å². The molecule has 1 aromatic rings. The lowest BCUT2D eigenvalue weighted by Gasteiger charge is -2.31. The van der Waals surface area contributed by atoms with Crippen LogP contribution < -0.4 is 5.73 Å². The molecule has 2 atom stereocenters. The van der Waals surface area contributed by atoms with Gasteiger partial charge in [0.1, 0.15) is 0 Å². The van der Waals surface area contributed by atoms with Crippen LogP contribution in [0.5, 0.6) is 0 Å². The molecule has 1 aromatic carbocycles. The predicted molar refractivity (Wildman–Crippen MR) is 71.7 cm³/mol. The van der Waals surface area contributed by atoms with Gasteiger partial charge in [0.05, 0.1) is 5.60 Å². The van der Waals surface area contributed by atoms with Crippen LogP contribution >= 0.6 is 0 Å². The summed E-state index contributed by atoms with van der Waals surface area (Å²) < 4.78 is 0. The third-order valence-electron chi connectivity index (χ3n) is 3.20. The minimum Gasteiger partial charge on any atom is -0.389 e. The first-order valence-corrected chi connectivity index (χ1v) is 6.11. The average Bonchev–Trinajstić information content (AvgIpc) is 2.30. The molecule has 0 bridgehead atoms. The van der Waals surface area contributed by atoms with Gasteiger partial charge in [-0.15, -0.1) is 0 Å². The van der Waals surface area contributed by atoms with Gasteiger partial charge in [0.15, 0.2) is 0 Å². The van der Waals surface area contributed by atoms with Gasteiger partial charge >= 0.3 is 0 Å². The maximum atomic E-state index is 9.96. The fraction of sp³-hybridized carbons (Fsp3) is 0.571. The second-order valence-corrected chi connectivity index (χ2v) is 5.15. The normalized spacial score (nSPS) is 16.8. The molecule has 0 saturated carbocycles. The smallest absolute Gasteiger partial charge is 0.0756 e. The Balaban J connectivity index is 2.50. The van der Waals surface area contributed by atoms with E-state index in [9.17, 15) is 5.11 Å². The van der Waals surface area contributed by atoms with E-state index in [1.54, 1.807) is 6.92 Å². The maximum Gasteiger partial charge on any atom is 0.0756 e. The molecule has 0 aliphatic rings. The van der Waals surface area contributed by atoms with Gasteiger partial charge in [-0.05, 0) is 32.9 Å². The molecule has 1 rings (SSSR count). The summed E-state index contributed by atoms with van der Waals surface area (Å²) in [4.78, 5) is 2.24. The van der Waals surface area contributed by atoms with E-state index in [1.165, 1.54) is 5.56 Å². The predicted octanol–water partition coefficient (Wildman–Crippen LogP) is 1.61. The highest BCUT2D eigenvalue weighted by Gasteiger charge is 2.23. The lowest BCUT2D eigenvalue weighted by atomic mass is 9.97. The van der Waals surface area contributed by atoms with Crippen molar-refractivity contribution < 1.29 is 5.11 Å². The Kier molecular flexibility index (Phi) is 5.12. The monoisotopic (exact) mass is 236 g/mol.